The second kappa shape index (κ2) is 4.85. The molecule has 0 saturated carbocycles. The van der Waals surface area contributed by atoms with Crippen molar-refractivity contribution in [1.82, 2.24) is 5.16 Å². The van der Waals surface area contributed by atoms with Gasteiger partial charge in [0.25, 0.3) is 10.1 Å². The molecule has 0 aliphatic carbocycles. The van der Waals surface area contributed by atoms with E-state index in [1.807, 2.05) is 0 Å². The summed E-state index contributed by atoms with van der Waals surface area (Å²) >= 11 is 0. The monoisotopic (exact) mass is 251 g/mol. The predicted octanol–water partition coefficient (Wildman–Crippen LogP) is 1.13. The van der Waals surface area contributed by atoms with E-state index in [1.165, 1.54) is 6.92 Å². The van der Waals surface area contributed by atoms with Crippen molar-refractivity contribution < 1.29 is 17.5 Å². The number of hydrogen-bond acceptors (Lipinski definition) is 4. The summed E-state index contributed by atoms with van der Waals surface area (Å²) in [6.07, 6.45) is 0. The first-order valence-corrected chi connectivity index (χ1v) is 5.81. The molecule has 0 radical (unpaired) electrons. The Morgan fingerprint density at radius 3 is 2.62 bits per heavy atom. The molecule has 0 aliphatic rings. The Morgan fingerprint density at radius 2 is 2.00 bits per heavy atom. The van der Waals surface area contributed by atoms with Gasteiger partial charge in [-0.1, -0.05) is 17.3 Å². The Morgan fingerprint density at radius 1 is 1.38 bits per heavy atom. The van der Waals surface area contributed by atoms with Crippen molar-refractivity contribution >= 4 is 50.6 Å². The maximum absolute atomic E-state index is 10.9. The number of benzene rings is 1. The van der Waals surface area contributed by atoms with E-state index < -0.39 is 15.4 Å². The number of para-hydroxylation sites is 1. The molecule has 1 aromatic heterocycles. The molecule has 7 heteroatoms. The first kappa shape index (κ1) is 13.7. The summed E-state index contributed by atoms with van der Waals surface area (Å²) in [7, 11) is -4.14. The van der Waals surface area contributed by atoms with Gasteiger partial charge in [-0.2, -0.15) is 8.42 Å². The molecule has 1 N–H and O–H groups in total. The summed E-state index contributed by atoms with van der Waals surface area (Å²) in [4.78, 5) is 0. The van der Waals surface area contributed by atoms with Crippen LogP contribution in [0.25, 0.3) is 11.0 Å². The second-order valence-electron chi connectivity index (χ2n) is 3.22. The standard InChI is InChI=1S/C9H9NO4S.Na.H/c1-6(15(11,12)13)9-7-4-2-3-5-8(7)14-10-9;;/h2-6H,1H3,(H,11,12,13);;. The molecule has 0 bridgehead atoms. The fourth-order valence-corrected chi connectivity index (χ4v) is 1.79. The van der Waals surface area contributed by atoms with Crippen LogP contribution in [-0.4, -0.2) is 47.7 Å². The van der Waals surface area contributed by atoms with Crippen LogP contribution in [0.5, 0.6) is 0 Å². The molecule has 5 nitrogen and oxygen atoms in total. The van der Waals surface area contributed by atoms with E-state index in [4.69, 9.17) is 9.08 Å². The SMILES string of the molecule is CC(c1noc2ccccc12)S(=O)(=O)O.[NaH]. The summed E-state index contributed by atoms with van der Waals surface area (Å²) in [5.74, 6) is 0. The van der Waals surface area contributed by atoms with Crippen molar-refractivity contribution in [3.63, 3.8) is 0 Å². The Balaban J connectivity index is 0.00000128. The first-order valence-electron chi connectivity index (χ1n) is 4.31. The molecule has 0 fully saturated rings. The van der Waals surface area contributed by atoms with Crippen molar-refractivity contribution in [1.29, 1.82) is 0 Å². The predicted molar refractivity (Wildman–Crippen MR) is 61.1 cm³/mol. The topological polar surface area (TPSA) is 80.4 Å². The van der Waals surface area contributed by atoms with Gasteiger partial charge in [-0.05, 0) is 19.1 Å². The van der Waals surface area contributed by atoms with Gasteiger partial charge < -0.3 is 4.52 Å². The van der Waals surface area contributed by atoms with Crippen LogP contribution in [0.4, 0.5) is 0 Å². The van der Waals surface area contributed by atoms with Gasteiger partial charge in [0.05, 0.1) is 0 Å². The van der Waals surface area contributed by atoms with E-state index in [-0.39, 0.29) is 35.3 Å². The number of fused-ring (bicyclic) bond motifs is 1. The molecule has 0 spiro atoms. The summed E-state index contributed by atoms with van der Waals surface area (Å²) in [5, 5.41) is 3.16. The zero-order valence-electron chi connectivity index (χ0n) is 7.91. The van der Waals surface area contributed by atoms with Gasteiger partial charge in [-0.3, -0.25) is 4.55 Å². The molecule has 0 saturated heterocycles. The average molecular weight is 251 g/mol. The van der Waals surface area contributed by atoms with E-state index in [1.54, 1.807) is 24.3 Å². The molecule has 16 heavy (non-hydrogen) atoms. The zero-order chi connectivity index (χ0) is 11.1. The van der Waals surface area contributed by atoms with Gasteiger partial charge in [0.15, 0.2) is 5.58 Å². The van der Waals surface area contributed by atoms with Crippen molar-refractivity contribution in [2.45, 2.75) is 12.2 Å². The zero-order valence-corrected chi connectivity index (χ0v) is 8.73. The van der Waals surface area contributed by atoms with Crippen molar-refractivity contribution in [2.24, 2.45) is 0 Å². The Hall–Kier alpha value is -0.400. The molecular formula is C9H10NNaO4S. The molecule has 1 aromatic carbocycles. The van der Waals surface area contributed by atoms with Gasteiger partial charge >= 0.3 is 29.6 Å². The van der Waals surface area contributed by atoms with E-state index in [9.17, 15) is 8.42 Å². The second-order valence-corrected chi connectivity index (χ2v) is 4.96. The number of hydrogen-bond donors (Lipinski definition) is 1. The van der Waals surface area contributed by atoms with Crippen molar-refractivity contribution in [2.75, 3.05) is 0 Å². The normalized spacial score (nSPS) is 13.4. The van der Waals surface area contributed by atoms with Crippen LogP contribution in [0, 0.1) is 0 Å². The molecule has 1 unspecified atom stereocenters. The molecule has 82 valence electrons. The third kappa shape index (κ3) is 2.46. The molecule has 1 heterocycles. The Labute approximate surface area is 115 Å². The van der Waals surface area contributed by atoms with Gasteiger partial charge in [-0.25, -0.2) is 0 Å². The Bertz CT molecular complexity index is 592. The fourth-order valence-electron chi connectivity index (χ4n) is 1.34. The van der Waals surface area contributed by atoms with Crippen LogP contribution in [0.2, 0.25) is 0 Å². The van der Waals surface area contributed by atoms with Gasteiger partial charge in [0.1, 0.15) is 10.9 Å². The fraction of sp³-hybridized carbons (Fsp3) is 0.222. The van der Waals surface area contributed by atoms with Crippen LogP contribution < -0.4 is 0 Å². The summed E-state index contributed by atoms with van der Waals surface area (Å²) < 4.78 is 35.7. The van der Waals surface area contributed by atoms with Crippen LogP contribution in [0.3, 0.4) is 0 Å². The van der Waals surface area contributed by atoms with E-state index in [0.717, 1.165) is 0 Å². The number of aromatic nitrogens is 1. The molecule has 1 atom stereocenters. The molecular weight excluding hydrogens is 241 g/mol. The van der Waals surface area contributed by atoms with Crippen LogP contribution in [-0.2, 0) is 10.1 Å². The third-order valence-corrected chi connectivity index (χ3v) is 3.35. The average Bonchev–Trinajstić information content (AvgIpc) is 2.58. The molecule has 0 aliphatic heterocycles. The quantitative estimate of drug-likeness (QED) is 0.639. The van der Waals surface area contributed by atoms with Crippen molar-refractivity contribution in [3.8, 4) is 0 Å². The van der Waals surface area contributed by atoms with Crippen LogP contribution >= 0.6 is 0 Å². The van der Waals surface area contributed by atoms with Gasteiger partial charge in [0.2, 0.25) is 0 Å². The van der Waals surface area contributed by atoms with Gasteiger partial charge in [0, 0.05) is 5.39 Å². The first-order chi connectivity index (χ1) is 7.00. The minimum absolute atomic E-state index is 0. The molecule has 2 rings (SSSR count). The third-order valence-electron chi connectivity index (χ3n) is 2.24. The Kier molecular flexibility index (Phi) is 4.14. The maximum atomic E-state index is 10.9. The molecule has 0 amide bonds. The summed E-state index contributed by atoms with van der Waals surface area (Å²) in [6, 6.07) is 6.89. The van der Waals surface area contributed by atoms with Crippen LogP contribution in [0.15, 0.2) is 28.8 Å². The number of rotatable bonds is 2. The summed E-state index contributed by atoms with van der Waals surface area (Å²) in [5.41, 5.74) is 0.733. The van der Waals surface area contributed by atoms with E-state index >= 15 is 0 Å². The van der Waals surface area contributed by atoms with Crippen molar-refractivity contribution in [3.05, 3.63) is 30.0 Å². The van der Waals surface area contributed by atoms with E-state index in [0.29, 0.717) is 11.0 Å². The molecule has 2 aromatic rings. The van der Waals surface area contributed by atoms with Gasteiger partial charge in [-0.15, -0.1) is 0 Å². The minimum atomic E-state index is -4.14. The number of nitrogens with zero attached hydrogens (tertiary/aromatic N) is 1. The van der Waals surface area contributed by atoms with E-state index in [2.05, 4.69) is 5.16 Å². The van der Waals surface area contributed by atoms with Crippen LogP contribution in [0.1, 0.15) is 17.9 Å². The summed E-state index contributed by atoms with van der Waals surface area (Å²) in [6.45, 7) is 1.36.